The van der Waals surface area contributed by atoms with E-state index < -0.39 is 17.8 Å². The van der Waals surface area contributed by atoms with Crippen molar-refractivity contribution in [1.82, 2.24) is 0 Å². The van der Waals surface area contributed by atoms with Gasteiger partial charge in [0, 0.05) is 0 Å². The van der Waals surface area contributed by atoms with Crippen LogP contribution in [-0.4, -0.2) is 45.8 Å². The lowest BCUT2D eigenvalue weighted by Gasteiger charge is -2.64. The van der Waals surface area contributed by atoms with Gasteiger partial charge in [0.15, 0.2) is 0 Å². The molecule has 4 nitrogen and oxygen atoms in total. The molecule has 0 aromatic rings. The normalized spacial score (nSPS) is 52.9. The van der Waals surface area contributed by atoms with Crippen LogP contribution in [0.15, 0.2) is 11.6 Å². The molecule has 0 bridgehead atoms. The van der Waals surface area contributed by atoms with Crippen molar-refractivity contribution in [2.75, 3.05) is 6.61 Å². The molecular formula is C30H50O4. The second kappa shape index (κ2) is 7.79. The Morgan fingerprint density at radius 3 is 2.32 bits per heavy atom. The lowest BCUT2D eigenvalue weighted by molar-refractivity contribution is -0.188. The predicted octanol–water partition coefficient (Wildman–Crippen LogP) is 5.49. The minimum atomic E-state index is -1.02. The largest absolute Gasteiger partial charge is 0.393 e. The van der Waals surface area contributed by atoms with E-state index in [2.05, 4.69) is 40.7 Å². The predicted molar refractivity (Wildman–Crippen MR) is 135 cm³/mol. The van der Waals surface area contributed by atoms with E-state index in [-0.39, 0.29) is 27.8 Å². The van der Waals surface area contributed by atoms with Crippen LogP contribution >= 0.6 is 0 Å². The van der Waals surface area contributed by atoms with Gasteiger partial charge in [-0.3, -0.25) is 0 Å². The SMILES string of the molecule is CC(C)(O)[C@@H]1OC[C@H]([C@@H]2CC[C@]3(C)C4=CC[C@@H]5C(C)(C)[C@H](O)CC[C@]5(C)[C@@H]4CC[C@@]23C)C[C@H]1O. The van der Waals surface area contributed by atoms with Gasteiger partial charge >= 0.3 is 0 Å². The molecule has 5 aliphatic rings. The van der Waals surface area contributed by atoms with E-state index in [1.807, 2.05) is 0 Å². The van der Waals surface area contributed by atoms with Gasteiger partial charge in [-0.05, 0) is 111 Å². The first kappa shape index (κ1) is 25.2. The first-order valence-electron chi connectivity index (χ1n) is 14.1. The third kappa shape index (κ3) is 3.30. The van der Waals surface area contributed by atoms with Crippen molar-refractivity contribution in [2.24, 2.45) is 45.3 Å². The summed E-state index contributed by atoms with van der Waals surface area (Å²) in [6, 6.07) is 0. The fraction of sp³-hybridized carbons (Fsp3) is 0.933. The van der Waals surface area contributed by atoms with Gasteiger partial charge in [-0.15, -0.1) is 0 Å². The molecule has 10 atom stereocenters. The molecule has 194 valence electrons. The summed E-state index contributed by atoms with van der Waals surface area (Å²) in [5.41, 5.74) is 1.38. The standard InChI is InChI=1S/C30H50O4/c1-26(2)23-9-8-21-20(28(23,5)13-12-24(26)32)11-15-29(6)19(10-14-30(21,29)7)18-16-22(31)25(34-17-18)27(3,4)33/h8,18-20,22-25,31-33H,9-17H2,1-7H3/t18-,19+,20-,22-,23-,24-,25-,28-,29+,30-/m1/s1. The van der Waals surface area contributed by atoms with E-state index in [9.17, 15) is 15.3 Å². The Morgan fingerprint density at radius 1 is 0.971 bits per heavy atom. The first-order valence-corrected chi connectivity index (χ1v) is 14.1. The van der Waals surface area contributed by atoms with Gasteiger partial charge in [0.05, 0.1) is 24.4 Å². The second-order valence-electron chi connectivity index (χ2n) is 14.8. The van der Waals surface area contributed by atoms with Crippen molar-refractivity contribution in [3.05, 3.63) is 11.6 Å². The molecule has 3 saturated carbocycles. The zero-order valence-electron chi connectivity index (χ0n) is 22.7. The molecule has 1 saturated heterocycles. The maximum Gasteiger partial charge on any atom is 0.111 e. The molecule has 4 fully saturated rings. The number of hydrogen-bond donors (Lipinski definition) is 3. The highest BCUT2D eigenvalue weighted by Gasteiger charge is 2.65. The lowest BCUT2D eigenvalue weighted by atomic mass is 9.41. The highest BCUT2D eigenvalue weighted by molar-refractivity contribution is 5.33. The van der Waals surface area contributed by atoms with E-state index in [4.69, 9.17) is 4.74 Å². The van der Waals surface area contributed by atoms with Gasteiger partial charge < -0.3 is 20.1 Å². The second-order valence-corrected chi connectivity index (χ2v) is 14.8. The maximum absolute atomic E-state index is 10.9. The molecule has 34 heavy (non-hydrogen) atoms. The zero-order chi connectivity index (χ0) is 24.9. The van der Waals surface area contributed by atoms with Crippen LogP contribution in [0.1, 0.15) is 99.8 Å². The molecule has 0 aromatic heterocycles. The Morgan fingerprint density at radius 2 is 1.68 bits per heavy atom. The van der Waals surface area contributed by atoms with E-state index >= 15 is 0 Å². The molecule has 3 N–H and O–H groups in total. The van der Waals surface area contributed by atoms with Gasteiger partial charge in [0.2, 0.25) is 0 Å². The third-order valence-corrected chi connectivity index (χ3v) is 12.5. The molecule has 5 rings (SSSR count). The van der Waals surface area contributed by atoms with Crippen molar-refractivity contribution in [3.8, 4) is 0 Å². The minimum Gasteiger partial charge on any atom is -0.393 e. The summed E-state index contributed by atoms with van der Waals surface area (Å²) in [7, 11) is 0. The Hall–Kier alpha value is -0.420. The minimum absolute atomic E-state index is 0.0263. The van der Waals surface area contributed by atoms with E-state index in [1.54, 1.807) is 19.4 Å². The first-order chi connectivity index (χ1) is 15.7. The molecule has 1 heterocycles. The smallest absolute Gasteiger partial charge is 0.111 e. The number of aliphatic hydroxyl groups is 3. The number of allylic oxidation sites excluding steroid dienone is 2. The molecule has 0 radical (unpaired) electrons. The van der Waals surface area contributed by atoms with E-state index in [0.717, 1.165) is 25.7 Å². The summed E-state index contributed by atoms with van der Waals surface area (Å²) in [6.07, 6.45) is 10.2. The average molecular weight is 475 g/mol. The third-order valence-electron chi connectivity index (χ3n) is 12.5. The van der Waals surface area contributed by atoms with Crippen molar-refractivity contribution in [1.29, 1.82) is 0 Å². The number of fused-ring (bicyclic) bond motifs is 5. The monoisotopic (exact) mass is 474 g/mol. The van der Waals surface area contributed by atoms with Crippen LogP contribution in [0.25, 0.3) is 0 Å². The van der Waals surface area contributed by atoms with E-state index in [1.165, 1.54) is 25.7 Å². The number of aliphatic hydroxyl groups excluding tert-OH is 2. The van der Waals surface area contributed by atoms with Crippen LogP contribution < -0.4 is 0 Å². The Balaban J connectivity index is 1.42. The lowest BCUT2D eigenvalue weighted by Crippen LogP contribution is -2.58. The molecule has 1 aliphatic heterocycles. The Kier molecular flexibility index (Phi) is 5.78. The summed E-state index contributed by atoms with van der Waals surface area (Å²) in [5.74, 6) is 2.08. The van der Waals surface area contributed by atoms with Gasteiger partial charge in [-0.25, -0.2) is 0 Å². The van der Waals surface area contributed by atoms with E-state index in [0.29, 0.717) is 30.3 Å². The molecular weight excluding hydrogens is 424 g/mol. The van der Waals surface area contributed by atoms with Crippen molar-refractivity contribution in [2.45, 2.75) is 124 Å². The number of ether oxygens (including phenoxy) is 1. The van der Waals surface area contributed by atoms with Gasteiger partial charge in [0.25, 0.3) is 0 Å². The van der Waals surface area contributed by atoms with Gasteiger partial charge in [-0.2, -0.15) is 0 Å². The molecule has 4 heteroatoms. The summed E-state index contributed by atoms with van der Waals surface area (Å²) >= 11 is 0. The van der Waals surface area contributed by atoms with Crippen molar-refractivity contribution < 1.29 is 20.1 Å². The summed E-state index contributed by atoms with van der Waals surface area (Å²) < 4.78 is 6.13. The van der Waals surface area contributed by atoms with Crippen LogP contribution in [0.5, 0.6) is 0 Å². The van der Waals surface area contributed by atoms with Gasteiger partial charge in [-0.1, -0.05) is 46.3 Å². The highest BCUT2D eigenvalue weighted by Crippen LogP contribution is 2.73. The van der Waals surface area contributed by atoms with Crippen LogP contribution in [-0.2, 0) is 4.74 Å². The van der Waals surface area contributed by atoms with Crippen LogP contribution in [0.3, 0.4) is 0 Å². The maximum atomic E-state index is 10.9. The topological polar surface area (TPSA) is 69.9 Å². The molecule has 4 aliphatic carbocycles. The van der Waals surface area contributed by atoms with Crippen LogP contribution in [0.4, 0.5) is 0 Å². The quantitative estimate of drug-likeness (QED) is 0.463. The summed E-state index contributed by atoms with van der Waals surface area (Å²) in [4.78, 5) is 0. The summed E-state index contributed by atoms with van der Waals surface area (Å²) in [6.45, 7) is 16.4. The fourth-order valence-electron chi connectivity index (χ4n) is 10.3. The van der Waals surface area contributed by atoms with Gasteiger partial charge in [0.1, 0.15) is 6.10 Å². The highest BCUT2D eigenvalue weighted by atomic mass is 16.5. The van der Waals surface area contributed by atoms with Crippen molar-refractivity contribution in [3.63, 3.8) is 0 Å². The van der Waals surface area contributed by atoms with Crippen LogP contribution in [0.2, 0.25) is 0 Å². The Bertz CT molecular complexity index is 841. The molecule has 0 amide bonds. The Labute approximate surface area is 207 Å². The zero-order valence-corrected chi connectivity index (χ0v) is 22.7. The number of rotatable bonds is 2. The molecule has 0 spiro atoms. The number of hydrogen-bond acceptors (Lipinski definition) is 4. The molecule has 0 aromatic carbocycles. The fourth-order valence-corrected chi connectivity index (χ4v) is 10.3. The summed E-state index contributed by atoms with van der Waals surface area (Å²) in [5, 5.41) is 32.1. The van der Waals surface area contributed by atoms with Crippen molar-refractivity contribution >= 4 is 0 Å². The molecule has 0 unspecified atom stereocenters. The average Bonchev–Trinajstić information content (AvgIpc) is 3.02. The van der Waals surface area contributed by atoms with Crippen LogP contribution in [0, 0.1) is 45.3 Å².